The summed E-state index contributed by atoms with van der Waals surface area (Å²) in [5.74, 6) is 0.274. The monoisotopic (exact) mass is 369 g/mol. The van der Waals surface area contributed by atoms with Crippen LogP contribution >= 0.6 is 11.6 Å². The van der Waals surface area contributed by atoms with Crippen molar-refractivity contribution in [1.82, 2.24) is 0 Å². The second-order valence-electron chi connectivity index (χ2n) is 6.05. The van der Waals surface area contributed by atoms with Crippen molar-refractivity contribution >= 4 is 29.4 Å². The molecule has 0 unspecified atom stereocenters. The Bertz CT molecular complexity index is 841. The molecule has 0 amide bonds. The summed E-state index contributed by atoms with van der Waals surface area (Å²) >= 11 is 6.03. The molecule has 1 aliphatic rings. The quantitative estimate of drug-likeness (QED) is 0.526. The van der Waals surface area contributed by atoms with Crippen LogP contribution in [0.15, 0.2) is 59.3 Å². The maximum atomic E-state index is 12.2. The third-order valence-corrected chi connectivity index (χ3v) is 4.60. The fourth-order valence-electron chi connectivity index (χ4n) is 2.85. The first kappa shape index (κ1) is 18.2. The van der Waals surface area contributed by atoms with Crippen LogP contribution in [-0.2, 0) is 4.84 Å². The van der Waals surface area contributed by atoms with Gasteiger partial charge in [-0.2, -0.15) is 0 Å². The first-order valence-electron chi connectivity index (χ1n) is 8.55. The summed E-state index contributed by atoms with van der Waals surface area (Å²) in [4.78, 5) is 17.4. The van der Waals surface area contributed by atoms with Gasteiger partial charge in [0.1, 0.15) is 5.75 Å². The SMILES string of the molecule is COc1ccc(/C=C2\CCCC\C2=N\OC(=O)c2ccccc2Cl)cc1. The first-order valence-corrected chi connectivity index (χ1v) is 8.93. The molecule has 0 N–H and O–H groups in total. The zero-order valence-electron chi connectivity index (χ0n) is 14.6. The number of methoxy groups -OCH3 is 1. The normalized spacial score (nSPS) is 17.3. The van der Waals surface area contributed by atoms with Gasteiger partial charge in [0.2, 0.25) is 0 Å². The van der Waals surface area contributed by atoms with E-state index in [1.807, 2.05) is 24.3 Å². The fraction of sp³-hybridized carbons (Fsp3) is 0.238. The lowest BCUT2D eigenvalue weighted by Crippen LogP contribution is -2.11. The molecule has 2 aromatic rings. The topological polar surface area (TPSA) is 47.9 Å². The van der Waals surface area contributed by atoms with Crippen LogP contribution in [0.5, 0.6) is 5.75 Å². The molecule has 0 aromatic heterocycles. The van der Waals surface area contributed by atoms with E-state index in [4.69, 9.17) is 21.2 Å². The lowest BCUT2D eigenvalue weighted by molar-refractivity contribution is 0.0515. The van der Waals surface area contributed by atoms with E-state index in [0.717, 1.165) is 48.3 Å². The van der Waals surface area contributed by atoms with E-state index >= 15 is 0 Å². The van der Waals surface area contributed by atoms with Gasteiger partial charge in [0.25, 0.3) is 0 Å². The Morgan fingerprint density at radius 1 is 1.08 bits per heavy atom. The second-order valence-corrected chi connectivity index (χ2v) is 6.45. The molecular weight excluding hydrogens is 350 g/mol. The molecule has 1 aliphatic carbocycles. The van der Waals surface area contributed by atoms with Crippen molar-refractivity contribution < 1.29 is 14.4 Å². The Kier molecular flexibility index (Phi) is 6.08. The summed E-state index contributed by atoms with van der Waals surface area (Å²) in [6.45, 7) is 0. The maximum absolute atomic E-state index is 12.2. The van der Waals surface area contributed by atoms with Crippen molar-refractivity contribution in [3.8, 4) is 5.75 Å². The van der Waals surface area contributed by atoms with E-state index < -0.39 is 5.97 Å². The summed E-state index contributed by atoms with van der Waals surface area (Å²) in [7, 11) is 1.65. The smallest absolute Gasteiger partial charge is 0.367 e. The van der Waals surface area contributed by atoms with Gasteiger partial charge in [0.15, 0.2) is 0 Å². The predicted octanol–water partition coefficient (Wildman–Crippen LogP) is 5.52. The average molecular weight is 370 g/mol. The molecule has 26 heavy (non-hydrogen) atoms. The summed E-state index contributed by atoms with van der Waals surface area (Å²) in [5.41, 5.74) is 3.28. The number of nitrogens with zero attached hydrogens (tertiary/aromatic N) is 1. The number of hydrogen-bond donors (Lipinski definition) is 0. The van der Waals surface area contributed by atoms with Gasteiger partial charge in [-0.15, -0.1) is 0 Å². The van der Waals surface area contributed by atoms with Crippen molar-refractivity contribution in [2.24, 2.45) is 5.16 Å². The standard InChI is InChI=1S/C21H20ClNO3/c1-25-17-12-10-15(11-13-17)14-16-6-2-5-9-20(16)23-26-21(24)18-7-3-4-8-19(18)22/h3-4,7-8,10-14H,2,5-6,9H2,1H3/b16-14+,23-20-. The molecule has 1 fully saturated rings. The molecule has 1 saturated carbocycles. The Balaban J connectivity index is 1.77. The number of hydrogen-bond acceptors (Lipinski definition) is 4. The van der Waals surface area contributed by atoms with Crippen molar-refractivity contribution in [3.05, 3.63) is 70.3 Å². The number of rotatable bonds is 4. The molecule has 134 valence electrons. The molecule has 4 nitrogen and oxygen atoms in total. The zero-order valence-corrected chi connectivity index (χ0v) is 15.3. The molecule has 5 heteroatoms. The molecule has 0 radical (unpaired) electrons. The van der Waals surface area contributed by atoms with Crippen LogP contribution < -0.4 is 4.74 Å². The van der Waals surface area contributed by atoms with Gasteiger partial charge < -0.3 is 9.57 Å². The van der Waals surface area contributed by atoms with Crippen molar-refractivity contribution in [3.63, 3.8) is 0 Å². The minimum atomic E-state index is -0.544. The van der Waals surface area contributed by atoms with Crippen molar-refractivity contribution in [1.29, 1.82) is 0 Å². The van der Waals surface area contributed by atoms with Gasteiger partial charge in [0.05, 0.1) is 23.4 Å². The van der Waals surface area contributed by atoms with E-state index in [1.54, 1.807) is 31.4 Å². The predicted molar refractivity (Wildman–Crippen MR) is 104 cm³/mol. The van der Waals surface area contributed by atoms with E-state index in [1.165, 1.54) is 0 Å². The largest absolute Gasteiger partial charge is 0.497 e. The summed E-state index contributed by atoms with van der Waals surface area (Å²) in [6.07, 6.45) is 5.91. The van der Waals surface area contributed by atoms with Crippen LogP contribution in [0.1, 0.15) is 41.6 Å². The minimum absolute atomic E-state index is 0.315. The number of allylic oxidation sites excluding steroid dienone is 1. The number of carbonyl (C=O) groups is 1. The average Bonchev–Trinajstić information content (AvgIpc) is 2.68. The van der Waals surface area contributed by atoms with Gasteiger partial charge in [-0.05, 0) is 67.2 Å². The van der Waals surface area contributed by atoms with Gasteiger partial charge in [-0.25, -0.2) is 4.79 Å². The third kappa shape index (κ3) is 4.52. The summed E-state index contributed by atoms with van der Waals surface area (Å²) < 4.78 is 5.18. The van der Waals surface area contributed by atoms with Crippen LogP contribution in [0, 0.1) is 0 Å². The van der Waals surface area contributed by atoms with Crippen LogP contribution in [0.3, 0.4) is 0 Å². The van der Waals surface area contributed by atoms with E-state index in [-0.39, 0.29) is 0 Å². The third-order valence-electron chi connectivity index (χ3n) is 4.27. The highest BCUT2D eigenvalue weighted by atomic mass is 35.5. The molecule has 0 atom stereocenters. The molecule has 0 heterocycles. The van der Waals surface area contributed by atoms with Crippen molar-refractivity contribution in [2.45, 2.75) is 25.7 Å². The first-order chi connectivity index (χ1) is 12.7. The van der Waals surface area contributed by atoms with Crippen LogP contribution in [0.4, 0.5) is 0 Å². The zero-order chi connectivity index (χ0) is 18.4. The molecular formula is C21H20ClNO3. The number of carbonyl (C=O) groups excluding carboxylic acids is 1. The van der Waals surface area contributed by atoms with E-state index in [2.05, 4.69) is 11.2 Å². The molecule has 0 spiro atoms. The highest BCUT2D eigenvalue weighted by Crippen LogP contribution is 2.25. The Hall–Kier alpha value is -2.59. The molecule has 2 aromatic carbocycles. The van der Waals surface area contributed by atoms with E-state index in [0.29, 0.717) is 10.6 Å². The second kappa shape index (κ2) is 8.68. The van der Waals surface area contributed by atoms with Gasteiger partial charge in [0, 0.05) is 0 Å². The molecule has 0 bridgehead atoms. The fourth-order valence-corrected chi connectivity index (χ4v) is 3.06. The summed E-state index contributed by atoms with van der Waals surface area (Å²) in [6, 6.07) is 14.6. The lowest BCUT2D eigenvalue weighted by atomic mass is 9.91. The van der Waals surface area contributed by atoms with Crippen LogP contribution in [0.25, 0.3) is 6.08 Å². The minimum Gasteiger partial charge on any atom is -0.497 e. The maximum Gasteiger partial charge on any atom is 0.367 e. The van der Waals surface area contributed by atoms with E-state index in [9.17, 15) is 4.79 Å². The summed E-state index contributed by atoms with van der Waals surface area (Å²) in [5, 5.41) is 4.48. The number of halogens is 1. The van der Waals surface area contributed by atoms with Crippen LogP contribution in [0.2, 0.25) is 5.02 Å². The van der Waals surface area contributed by atoms with Gasteiger partial charge in [-0.3, -0.25) is 0 Å². The van der Waals surface area contributed by atoms with Gasteiger partial charge in [-0.1, -0.05) is 41.0 Å². The molecule has 3 rings (SSSR count). The number of ether oxygens (including phenoxy) is 1. The highest BCUT2D eigenvalue weighted by molar-refractivity contribution is 6.33. The molecule has 0 saturated heterocycles. The lowest BCUT2D eigenvalue weighted by Gasteiger charge is -2.16. The van der Waals surface area contributed by atoms with Gasteiger partial charge >= 0.3 is 5.97 Å². The Morgan fingerprint density at radius 3 is 2.54 bits per heavy atom. The Labute approximate surface area is 158 Å². The van der Waals surface area contributed by atoms with Crippen LogP contribution in [-0.4, -0.2) is 18.8 Å². The number of benzene rings is 2. The molecule has 0 aliphatic heterocycles. The number of oxime groups is 1. The Morgan fingerprint density at radius 2 is 1.81 bits per heavy atom. The van der Waals surface area contributed by atoms with Crippen molar-refractivity contribution in [2.75, 3.05) is 7.11 Å². The highest BCUT2D eigenvalue weighted by Gasteiger charge is 2.16.